The van der Waals surface area contributed by atoms with Crippen LogP contribution in [0.3, 0.4) is 0 Å². The van der Waals surface area contributed by atoms with Gasteiger partial charge in [0.1, 0.15) is 134 Å². The van der Waals surface area contributed by atoms with Crippen LogP contribution in [0.1, 0.15) is 12.5 Å². The summed E-state index contributed by atoms with van der Waals surface area (Å²) in [7, 11) is -27.5. The number of phosphoric acid groups is 3. The van der Waals surface area contributed by atoms with Crippen molar-refractivity contribution in [2.24, 2.45) is 0 Å². The molecule has 0 saturated carbocycles. The lowest BCUT2D eigenvalue weighted by Gasteiger charge is -2.41. The van der Waals surface area contributed by atoms with E-state index in [9.17, 15) is 109 Å². The van der Waals surface area contributed by atoms with Crippen molar-refractivity contribution in [1.29, 1.82) is 0 Å². The van der Waals surface area contributed by atoms with E-state index < -0.39 is 228 Å². The second kappa shape index (κ2) is 30.6. The maximum Gasteiger partial charge on any atom is 0.472 e. The second-order valence-electron chi connectivity index (χ2n) is 19.3. The van der Waals surface area contributed by atoms with Gasteiger partial charge in [-0.05, 0) is 0 Å². The van der Waals surface area contributed by atoms with Crippen molar-refractivity contribution in [3.63, 3.8) is 0 Å². The van der Waals surface area contributed by atoms with Crippen LogP contribution in [0, 0.1) is 0 Å². The monoisotopic (exact) mass is 1430 g/mol. The van der Waals surface area contributed by atoms with Gasteiger partial charge in [0.15, 0.2) is 69.2 Å². The normalized spacial score (nSPS) is 37.9. The molecule has 47 nitrogen and oxygen atoms in total. The number of aromatic nitrogens is 8. The van der Waals surface area contributed by atoms with E-state index in [1.807, 2.05) is 0 Å². The van der Waals surface area contributed by atoms with Crippen molar-refractivity contribution in [3.05, 3.63) is 25.3 Å². The third kappa shape index (κ3) is 18.1. The van der Waals surface area contributed by atoms with Gasteiger partial charge < -0.3 is 155 Å². The van der Waals surface area contributed by atoms with Crippen LogP contribution in [0.2, 0.25) is 0 Å². The molecule has 9 heterocycles. The average Bonchev–Trinajstić information content (AvgIpc) is 1.59. The Hall–Kier alpha value is -3.30. The number of fused-ring (bicyclic) bond motifs is 2. The van der Waals surface area contributed by atoms with E-state index in [1.165, 1.54) is 34.4 Å². The van der Waals surface area contributed by atoms with E-state index in [4.69, 9.17) is 54.4 Å². The molecule has 0 amide bonds. The number of aliphatic hydroxyl groups is 16. The lowest BCUT2D eigenvalue weighted by Crippen LogP contribution is -2.59. The number of nitrogen functional groups attached to an aromatic ring is 2. The summed E-state index contributed by atoms with van der Waals surface area (Å²) in [6, 6.07) is 0. The molecule has 5 aliphatic rings. The SMILES string of the molecule is O=P(O)(O)O[C@H]1OC(CO)[C@@H](O)[C@H](O)C1O.[BH3-][P@@](=O)(OC[C@H]1O[C@@H](n2cnc3c(N)ncnc32)C(O)[C@H]1O)OP(=O)([O-])O[C@H]1OC(CO)[C@@H](O)[C@H](O)C1O.[BH3-][P@](=O)(OC[C@H]1O[C@@H](n2cnc3c(N)ncnc32)C(O)[C@H]1O)OP(=O)([O-])O[C@@H]1OC(CO)[C@@H](O)[C@H](O)C1O. The van der Waals surface area contributed by atoms with Crippen LogP contribution >= 0.6 is 38.4 Å². The van der Waals surface area contributed by atoms with Crippen LogP contribution in [0.4, 0.5) is 11.6 Å². The number of imidazole rings is 2. The smallest absolute Gasteiger partial charge is 0.472 e. The number of ether oxygens (including phenoxy) is 5. The maximum atomic E-state index is 12.8. The molecule has 54 heteroatoms. The highest BCUT2D eigenvalue weighted by atomic mass is 31.3. The Kier molecular flexibility index (Phi) is 25.3. The van der Waals surface area contributed by atoms with Crippen LogP contribution < -0.4 is 21.3 Å². The Labute approximate surface area is 515 Å². The van der Waals surface area contributed by atoms with Gasteiger partial charge in [0.25, 0.3) is 15.6 Å². The molecule has 9 rings (SSSR count). The van der Waals surface area contributed by atoms with Gasteiger partial charge in [0.2, 0.25) is 0 Å². The van der Waals surface area contributed by atoms with Gasteiger partial charge >= 0.3 is 7.82 Å². The third-order valence-corrected chi connectivity index (χ3v) is 18.1. The van der Waals surface area contributed by atoms with Crippen molar-refractivity contribution in [2.75, 3.05) is 44.5 Å². The van der Waals surface area contributed by atoms with Gasteiger partial charge in [0.05, 0.1) is 60.8 Å². The molecule has 0 bridgehead atoms. The highest BCUT2D eigenvalue weighted by Crippen LogP contribution is 2.60. The van der Waals surface area contributed by atoms with Crippen LogP contribution in [-0.4, -0.2) is 307 Å². The van der Waals surface area contributed by atoms with E-state index in [1.54, 1.807) is 0 Å². The molecule has 0 radical (unpaired) electrons. The van der Waals surface area contributed by atoms with Crippen molar-refractivity contribution in [2.45, 2.75) is 141 Å². The molecular weight excluding hydrogens is 1360 g/mol. The zero-order chi connectivity index (χ0) is 68.5. The molecule has 27 atom stereocenters. The van der Waals surface area contributed by atoms with Crippen LogP contribution in [0.25, 0.3) is 22.3 Å². The highest BCUT2D eigenvalue weighted by Gasteiger charge is 2.51. The summed E-state index contributed by atoms with van der Waals surface area (Å²) in [5.74, 6) is 0.153. The second-order valence-corrected chi connectivity index (χ2v) is 25.4. The van der Waals surface area contributed by atoms with E-state index in [-0.39, 0.29) is 34.0 Å². The minimum absolute atomic E-state index is 0.0765. The van der Waals surface area contributed by atoms with E-state index in [2.05, 4.69) is 56.8 Å². The van der Waals surface area contributed by atoms with Gasteiger partial charge in [-0.25, -0.2) is 34.5 Å². The Morgan fingerprint density at radius 3 is 1.05 bits per heavy atom. The minimum Gasteiger partial charge on any atom is -0.756 e. The summed E-state index contributed by atoms with van der Waals surface area (Å²) in [5, 5.41) is 156. The number of nitrogens with two attached hydrogens (primary N) is 2. The molecule has 5 aliphatic heterocycles. The minimum atomic E-state index is -5.50. The first-order chi connectivity index (χ1) is 42.7. The third-order valence-electron chi connectivity index (χ3n) is 13.3. The van der Waals surface area contributed by atoms with E-state index in [0.29, 0.717) is 0 Å². The van der Waals surface area contributed by atoms with Gasteiger partial charge in [-0.2, -0.15) is 0 Å². The molecule has 22 N–H and O–H groups in total. The quantitative estimate of drug-likeness (QED) is 0.0272. The zero-order valence-corrected chi connectivity index (χ0v) is 49.4. The van der Waals surface area contributed by atoms with Crippen LogP contribution in [0.5, 0.6) is 0 Å². The number of anilines is 2. The number of phosphoric ester groups is 3. The fourth-order valence-corrected chi connectivity index (χ4v) is 12.5. The van der Waals surface area contributed by atoms with E-state index in [0.717, 1.165) is 0 Å². The predicted octanol–water partition coefficient (Wildman–Crippen LogP) is -13.5. The lowest BCUT2D eigenvalue weighted by molar-refractivity contribution is -0.302. The van der Waals surface area contributed by atoms with Crippen molar-refractivity contribution in [3.8, 4) is 0 Å². The number of aliphatic hydroxyl groups excluding tert-OH is 16. The molecule has 4 aromatic heterocycles. The molecule has 0 spiro atoms. The molecule has 0 aliphatic carbocycles. The summed E-state index contributed by atoms with van der Waals surface area (Å²) in [6.07, 6.45) is -33.1. The van der Waals surface area contributed by atoms with Crippen molar-refractivity contribution >= 4 is 87.5 Å². The first-order valence-electron chi connectivity index (χ1n) is 25.3. The number of hydrogen-bond donors (Lipinski definition) is 20. The van der Waals surface area contributed by atoms with Crippen molar-refractivity contribution < 1.29 is 179 Å². The summed E-state index contributed by atoms with van der Waals surface area (Å²) in [6.45, 7) is -3.69. The lowest BCUT2D eigenvalue weighted by atomic mass is 10.00. The first-order valence-corrected chi connectivity index (χ1v) is 31.9. The largest absolute Gasteiger partial charge is 0.756 e. The van der Waals surface area contributed by atoms with Crippen LogP contribution in [-0.2, 0) is 77.7 Å². The van der Waals surface area contributed by atoms with Gasteiger partial charge in [0, 0.05) is 0 Å². The molecule has 5 fully saturated rings. The number of rotatable bonds is 21. The fraction of sp³-hybridized carbons (Fsp3) is 0.737. The fourth-order valence-electron chi connectivity index (χ4n) is 8.68. The first kappa shape index (κ1) is 76.1. The van der Waals surface area contributed by atoms with Gasteiger partial charge in [-0.3, -0.25) is 40.5 Å². The number of hydrogen-bond acceptors (Lipinski definition) is 43. The van der Waals surface area contributed by atoms with Crippen molar-refractivity contribution in [1.82, 2.24) is 39.0 Å². The molecular formula is C38H65B2N10O37P5-4. The summed E-state index contributed by atoms with van der Waals surface area (Å²) < 4.78 is 122. The Morgan fingerprint density at radius 2 is 0.750 bits per heavy atom. The van der Waals surface area contributed by atoms with E-state index >= 15 is 0 Å². The molecule has 0 aromatic carbocycles. The molecule has 5 saturated heterocycles. The Morgan fingerprint density at radius 1 is 0.446 bits per heavy atom. The summed E-state index contributed by atoms with van der Waals surface area (Å²) in [5.41, 5.74) is 12.4. The number of nitrogens with zero attached hydrogens (tertiary/aromatic N) is 8. The molecule has 524 valence electrons. The van der Waals surface area contributed by atoms with Gasteiger partial charge in [-0.15, -0.1) is 0 Å². The maximum absolute atomic E-state index is 12.8. The Balaban J connectivity index is 0.000000212. The molecule has 10 unspecified atom stereocenters. The average molecular weight is 1430 g/mol. The standard InChI is InChI=1S/2C16H27BN5O14P2.C6H13O9P/c2*17-37(29,36-38(30,31)35-16-12(28)10(26)8(24)5(1-23)34-16)32-2-6-9(25)11(27)15(33-6)22-4-21-7-13(18)19-3-20-14(7)22;7-1-2-3(8)4(9)5(10)6(14-2)15-16(11,12)13/h2*3-6,8-12,15-16,23-28H,1-2H2,17H3,(H,30,31)(H2,18,19,20);2-10H,1H2,(H2,11,12,13)/q2*-1;/p-2/t5?,6-,8-,9+,10+,11?,12?,15-,16+,37+;5?,6-,8-,9+,10+,11?,12?,15-,16-,37-;2?,3-,4+,5?,6-/m111/s1. The zero-order valence-electron chi connectivity index (χ0n) is 44.9. The highest BCUT2D eigenvalue weighted by molar-refractivity contribution is 7.83. The Bertz CT molecular complexity index is 3180. The van der Waals surface area contributed by atoms with Crippen LogP contribution in [0.15, 0.2) is 25.3 Å². The topological polar surface area (TPSA) is 746 Å². The summed E-state index contributed by atoms with van der Waals surface area (Å²) >= 11 is 0. The van der Waals surface area contributed by atoms with Gasteiger partial charge in [-0.1, -0.05) is 0 Å². The predicted molar refractivity (Wildman–Crippen MR) is 292 cm³/mol. The summed E-state index contributed by atoms with van der Waals surface area (Å²) in [4.78, 5) is 65.4. The molecule has 4 aromatic rings. The molecule has 92 heavy (non-hydrogen) atoms.